The van der Waals surface area contributed by atoms with Crippen LogP contribution in [-0.2, 0) is 28.5 Å². The lowest BCUT2D eigenvalue weighted by Crippen LogP contribution is -2.23. The molecule has 74 valence electrons. The van der Waals surface area contributed by atoms with Gasteiger partial charge in [-0.3, -0.25) is 0 Å². The van der Waals surface area contributed by atoms with Crippen molar-refractivity contribution >= 4 is 22.3 Å². The molecule has 1 N–H and O–H groups in total. The molecule has 13 heavy (non-hydrogen) atoms. The van der Waals surface area contributed by atoms with E-state index in [9.17, 15) is 28.1 Å². The van der Waals surface area contributed by atoms with E-state index in [1.165, 1.54) is 0 Å². The van der Waals surface area contributed by atoms with Crippen LogP contribution < -0.4 is 0 Å². The average Bonchev–Trinajstić information content (AvgIpc) is 1.81. The second kappa shape index (κ2) is 3.66. The topological polar surface area (TPSA) is 150 Å². The van der Waals surface area contributed by atoms with E-state index in [1.807, 2.05) is 0 Å². The molecule has 0 aromatic heterocycles. The molecule has 0 fully saturated rings. The van der Waals surface area contributed by atoms with Crippen LogP contribution in [0.15, 0.2) is 0 Å². The van der Waals surface area contributed by atoms with E-state index in [0.29, 0.717) is 0 Å². The highest BCUT2D eigenvalue weighted by Crippen LogP contribution is 1.96. The zero-order valence-electron chi connectivity index (χ0n) is 5.57. The van der Waals surface area contributed by atoms with Gasteiger partial charge in [0, 0.05) is 0 Å². The molecule has 0 spiro atoms. The lowest BCUT2D eigenvalue weighted by Gasteiger charge is -1.97. The molecule has 0 bridgehead atoms. The Morgan fingerprint density at radius 3 is 2.15 bits per heavy atom. The number of carbonyl (C=O) groups excluding carboxylic acids is 1. The molecule has 0 aliphatic carbocycles. The SMILES string of the molecule is O=C(O)C(=O)OS(=O)(=O)O[N+](=O)[O-]. The monoisotopic (exact) mass is 215 g/mol. The molecular weight excluding hydrogens is 214 g/mol. The summed E-state index contributed by atoms with van der Waals surface area (Å²) in [5, 5.41) is 15.5. The van der Waals surface area contributed by atoms with Gasteiger partial charge in [0.2, 0.25) is 0 Å². The van der Waals surface area contributed by atoms with Gasteiger partial charge in [-0.05, 0) is 0 Å². The minimum Gasteiger partial charge on any atom is -0.473 e. The second-order valence-electron chi connectivity index (χ2n) is 1.38. The van der Waals surface area contributed by atoms with Crippen LogP contribution in [0.25, 0.3) is 0 Å². The fourth-order valence-corrected chi connectivity index (χ4v) is 0.654. The summed E-state index contributed by atoms with van der Waals surface area (Å²) in [6, 6.07) is 0. The predicted molar refractivity (Wildman–Crippen MR) is 30.7 cm³/mol. The van der Waals surface area contributed by atoms with Crippen LogP contribution in [0.4, 0.5) is 0 Å². The van der Waals surface area contributed by atoms with Gasteiger partial charge in [-0.1, -0.05) is 0 Å². The Labute approximate surface area is 70.1 Å². The third kappa shape index (κ3) is 4.52. The van der Waals surface area contributed by atoms with Crippen molar-refractivity contribution in [3.8, 4) is 0 Å². The number of hydrogen-bond acceptors (Lipinski definition) is 8. The van der Waals surface area contributed by atoms with Gasteiger partial charge in [0.1, 0.15) is 0 Å². The van der Waals surface area contributed by atoms with Crippen LogP contribution in [0.3, 0.4) is 0 Å². The molecule has 0 saturated heterocycles. The van der Waals surface area contributed by atoms with E-state index in [4.69, 9.17) is 5.11 Å². The Hall–Kier alpha value is -1.91. The van der Waals surface area contributed by atoms with Crippen LogP contribution in [0.2, 0.25) is 0 Å². The highest BCUT2D eigenvalue weighted by molar-refractivity contribution is 7.82. The Kier molecular flexibility index (Phi) is 3.12. The van der Waals surface area contributed by atoms with Crippen molar-refractivity contribution in [2.24, 2.45) is 0 Å². The van der Waals surface area contributed by atoms with E-state index in [-0.39, 0.29) is 0 Å². The summed E-state index contributed by atoms with van der Waals surface area (Å²) in [5.74, 6) is -4.43. The Balaban J connectivity index is 4.44. The first-order chi connectivity index (χ1) is 5.74. The molecule has 0 amide bonds. The first-order valence-corrected chi connectivity index (χ1v) is 3.63. The third-order valence-electron chi connectivity index (χ3n) is 0.505. The minimum atomic E-state index is -5.25. The van der Waals surface area contributed by atoms with E-state index in [2.05, 4.69) is 8.47 Å². The molecule has 0 heterocycles. The number of carbonyl (C=O) groups is 2. The summed E-state index contributed by atoms with van der Waals surface area (Å²) >= 11 is 0. The van der Waals surface area contributed by atoms with Crippen LogP contribution in [0.5, 0.6) is 0 Å². The smallest absolute Gasteiger partial charge is 0.473 e. The quantitative estimate of drug-likeness (QED) is 0.322. The lowest BCUT2D eigenvalue weighted by atomic mass is 10.7. The number of nitrogens with zero attached hydrogens (tertiary/aromatic N) is 1. The minimum absolute atomic E-state index is 1.77. The second-order valence-corrected chi connectivity index (χ2v) is 2.51. The van der Waals surface area contributed by atoms with Crippen molar-refractivity contribution in [3.05, 3.63) is 10.1 Å². The maximum atomic E-state index is 10.2. The van der Waals surface area contributed by atoms with Gasteiger partial charge < -0.3 is 9.29 Å². The van der Waals surface area contributed by atoms with Crippen LogP contribution in [0, 0.1) is 10.1 Å². The number of aliphatic carboxylic acids is 1. The highest BCUT2D eigenvalue weighted by atomic mass is 32.3. The van der Waals surface area contributed by atoms with Gasteiger partial charge in [0.25, 0.3) is 0 Å². The van der Waals surface area contributed by atoms with E-state index in [1.54, 1.807) is 0 Å². The van der Waals surface area contributed by atoms with Gasteiger partial charge in [-0.15, -0.1) is 14.4 Å². The summed E-state index contributed by atoms with van der Waals surface area (Å²) in [4.78, 5) is 29.2. The van der Waals surface area contributed by atoms with Crippen LogP contribution in [0.1, 0.15) is 0 Å². The number of carboxylic acids is 1. The Morgan fingerprint density at radius 2 is 1.85 bits per heavy atom. The maximum absolute atomic E-state index is 10.2. The third-order valence-corrected chi connectivity index (χ3v) is 1.16. The van der Waals surface area contributed by atoms with Gasteiger partial charge in [-0.2, -0.15) is 8.42 Å². The summed E-state index contributed by atoms with van der Waals surface area (Å²) in [6.45, 7) is 0. The normalized spacial score (nSPS) is 10.2. The lowest BCUT2D eigenvalue weighted by molar-refractivity contribution is -0.713. The molecule has 11 heteroatoms. The molecule has 0 aliphatic heterocycles. The fraction of sp³-hybridized carbons (Fsp3) is 0. The van der Waals surface area contributed by atoms with Crippen molar-refractivity contribution in [1.82, 2.24) is 0 Å². The van der Waals surface area contributed by atoms with Crippen molar-refractivity contribution in [2.45, 2.75) is 0 Å². The van der Waals surface area contributed by atoms with Crippen molar-refractivity contribution in [3.63, 3.8) is 0 Å². The molecule has 0 aliphatic rings. The van der Waals surface area contributed by atoms with Crippen molar-refractivity contribution in [2.75, 3.05) is 0 Å². The van der Waals surface area contributed by atoms with E-state index in [0.717, 1.165) is 0 Å². The average molecular weight is 215 g/mol. The summed E-state index contributed by atoms with van der Waals surface area (Å²) < 4.78 is 26.3. The molecule has 0 rings (SSSR count). The number of carboxylic acid groups (broad SMARTS) is 1. The molecule has 0 aromatic rings. The van der Waals surface area contributed by atoms with Gasteiger partial charge >= 0.3 is 27.4 Å². The molecule has 0 aromatic carbocycles. The number of hydrogen-bond donors (Lipinski definition) is 1. The first-order valence-electron chi connectivity index (χ1n) is 2.30. The largest absolute Gasteiger partial charge is 0.484 e. The predicted octanol–water partition coefficient (Wildman–Crippen LogP) is -1.93. The molecule has 0 unspecified atom stereocenters. The first kappa shape index (κ1) is 11.1. The van der Waals surface area contributed by atoms with E-state index < -0.39 is 27.4 Å². The van der Waals surface area contributed by atoms with Crippen molar-refractivity contribution < 1.29 is 36.7 Å². The van der Waals surface area contributed by atoms with Gasteiger partial charge in [0.05, 0.1) is 0 Å². The molecule has 0 radical (unpaired) electrons. The standard InChI is InChI=1S/C2HNO9S/c4-1(5)2(6)11-13(9,10)12-3(7)8/h(H,4,5). The highest BCUT2D eigenvalue weighted by Gasteiger charge is 2.26. The van der Waals surface area contributed by atoms with Crippen LogP contribution in [-0.4, -0.2) is 30.5 Å². The summed E-state index contributed by atoms with van der Waals surface area (Å²) in [6.07, 6.45) is 0. The number of rotatable bonds is 3. The van der Waals surface area contributed by atoms with Crippen molar-refractivity contribution in [1.29, 1.82) is 0 Å². The van der Waals surface area contributed by atoms with E-state index >= 15 is 0 Å². The fourth-order valence-electron chi connectivity index (χ4n) is 0.218. The molecular formula is C2HNO9S. The maximum Gasteiger partial charge on any atom is 0.484 e. The summed E-state index contributed by atoms with van der Waals surface area (Å²) in [7, 11) is -5.25. The molecule has 10 nitrogen and oxygen atoms in total. The van der Waals surface area contributed by atoms with Gasteiger partial charge in [0.15, 0.2) is 0 Å². The van der Waals surface area contributed by atoms with Gasteiger partial charge in [-0.25, -0.2) is 9.59 Å². The summed E-state index contributed by atoms with van der Waals surface area (Å²) in [5.41, 5.74) is 0. The zero-order chi connectivity index (χ0) is 10.6. The Morgan fingerprint density at radius 1 is 1.38 bits per heavy atom. The molecule has 0 atom stereocenters. The zero-order valence-corrected chi connectivity index (χ0v) is 6.39. The van der Waals surface area contributed by atoms with Crippen LogP contribution >= 0.6 is 0 Å². The molecule has 0 saturated carbocycles. The Bertz CT molecular complexity index is 339.